The summed E-state index contributed by atoms with van der Waals surface area (Å²) in [4.78, 5) is 33.4. The van der Waals surface area contributed by atoms with Gasteiger partial charge in [-0.3, -0.25) is 14.6 Å². The molecule has 1 saturated heterocycles. The Morgan fingerprint density at radius 2 is 2.00 bits per heavy atom. The summed E-state index contributed by atoms with van der Waals surface area (Å²) in [6.45, 7) is 2.77. The highest BCUT2D eigenvalue weighted by Gasteiger charge is 2.46. The van der Waals surface area contributed by atoms with Crippen LogP contribution in [-0.4, -0.2) is 65.9 Å². The zero-order chi connectivity index (χ0) is 21.1. The van der Waals surface area contributed by atoms with Crippen molar-refractivity contribution in [2.45, 2.75) is 13.0 Å². The number of carbonyl (C=O) groups is 2. The summed E-state index contributed by atoms with van der Waals surface area (Å²) in [6, 6.07) is 9.71. The number of hydrogen-bond acceptors (Lipinski definition) is 6. The van der Waals surface area contributed by atoms with Gasteiger partial charge in [0.2, 0.25) is 0 Å². The minimum atomic E-state index is -0.737. The summed E-state index contributed by atoms with van der Waals surface area (Å²) in [5.41, 5.74) is 1.86. The summed E-state index contributed by atoms with van der Waals surface area (Å²) in [5.74, 6) is -0.869. The fourth-order valence-corrected chi connectivity index (χ4v) is 3.44. The highest BCUT2D eigenvalue weighted by atomic mass is 16.5. The maximum Gasteiger partial charge on any atom is 0.295 e. The Bertz CT molecular complexity index is 954. The Hall–Kier alpha value is -3.19. The second-order valence-electron chi connectivity index (χ2n) is 7.23. The minimum absolute atomic E-state index is 0.0528. The molecule has 2 heterocycles. The van der Waals surface area contributed by atoms with Crippen LogP contribution in [0.2, 0.25) is 0 Å². The number of pyridine rings is 1. The molecule has 0 spiro atoms. The lowest BCUT2D eigenvalue weighted by Gasteiger charge is -2.25. The van der Waals surface area contributed by atoms with Crippen molar-refractivity contribution in [3.8, 4) is 5.75 Å². The Morgan fingerprint density at radius 1 is 1.24 bits per heavy atom. The fourth-order valence-electron chi connectivity index (χ4n) is 3.44. The van der Waals surface area contributed by atoms with Crippen molar-refractivity contribution in [3.63, 3.8) is 0 Å². The molecule has 1 aliphatic rings. The molecule has 1 aliphatic heterocycles. The van der Waals surface area contributed by atoms with Gasteiger partial charge in [0.15, 0.2) is 0 Å². The van der Waals surface area contributed by atoms with Crippen LogP contribution in [0.25, 0.3) is 5.76 Å². The van der Waals surface area contributed by atoms with Crippen LogP contribution in [-0.2, 0) is 9.59 Å². The van der Waals surface area contributed by atoms with Gasteiger partial charge in [0.1, 0.15) is 17.6 Å². The van der Waals surface area contributed by atoms with E-state index in [1.165, 1.54) is 4.90 Å². The molecule has 7 nitrogen and oxygen atoms in total. The zero-order valence-corrected chi connectivity index (χ0v) is 17.0. The summed E-state index contributed by atoms with van der Waals surface area (Å²) in [6.07, 6.45) is 1.61. The van der Waals surface area contributed by atoms with Crippen LogP contribution in [0, 0.1) is 6.92 Å². The molecule has 3 rings (SSSR count). The number of likely N-dealkylation sites (N-methyl/N-ethyl adjacent to an activating group) is 1. The maximum atomic E-state index is 12.9. The van der Waals surface area contributed by atoms with Crippen molar-refractivity contribution in [1.82, 2.24) is 14.8 Å². The van der Waals surface area contributed by atoms with Crippen molar-refractivity contribution < 1.29 is 19.4 Å². The Balaban J connectivity index is 2.13. The van der Waals surface area contributed by atoms with Crippen molar-refractivity contribution in [1.29, 1.82) is 0 Å². The number of carbonyl (C=O) groups excluding carboxylic acids is 2. The van der Waals surface area contributed by atoms with Gasteiger partial charge >= 0.3 is 0 Å². The molecule has 1 aromatic heterocycles. The molecule has 29 heavy (non-hydrogen) atoms. The molecule has 0 aliphatic carbocycles. The van der Waals surface area contributed by atoms with E-state index in [0.717, 1.165) is 5.56 Å². The standard InChI is InChI=1S/C22H25N3O4/c1-14-13-15(8-9-17(14)29-4)20(26)18-19(16-7-5-6-10-23-16)25(12-11-24(2)3)22(28)21(18)27/h5-10,13,19,26H,11-12H2,1-4H3/b20-18+. The predicted molar refractivity (Wildman–Crippen MR) is 110 cm³/mol. The average molecular weight is 395 g/mol. The first-order valence-corrected chi connectivity index (χ1v) is 9.34. The molecule has 0 radical (unpaired) electrons. The van der Waals surface area contributed by atoms with Gasteiger partial charge < -0.3 is 19.6 Å². The average Bonchev–Trinajstić information content (AvgIpc) is 2.97. The molecular weight excluding hydrogens is 370 g/mol. The number of methoxy groups -OCH3 is 1. The molecule has 1 aromatic carbocycles. The molecular formula is C22H25N3O4. The number of aliphatic hydroxyl groups is 1. The smallest absolute Gasteiger partial charge is 0.295 e. The normalized spacial score (nSPS) is 18.5. The molecule has 0 bridgehead atoms. The number of benzene rings is 1. The first-order valence-electron chi connectivity index (χ1n) is 9.34. The summed E-state index contributed by atoms with van der Waals surface area (Å²) < 4.78 is 5.26. The Morgan fingerprint density at radius 3 is 2.59 bits per heavy atom. The number of hydrogen-bond donors (Lipinski definition) is 1. The third-order valence-corrected chi connectivity index (χ3v) is 4.96. The molecule has 1 amide bonds. The largest absolute Gasteiger partial charge is 0.507 e. The van der Waals surface area contributed by atoms with Gasteiger partial charge in [-0.2, -0.15) is 0 Å². The van der Waals surface area contributed by atoms with Crippen molar-refractivity contribution in [2.75, 3.05) is 34.3 Å². The Labute approximate surface area is 170 Å². The van der Waals surface area contributed by atoms with Crippen LogP contribution in [0.15, 0.2) is 48.2 Å². The van der Waals surface area contributed by atoms with Crippen LogP contribution in [0.5, 0.6) is 5.75 Å². The zero-order valence-electron chi connectivity index (χ0n) is 17.0. The fraction of sp³-hybridized carbons (Fsp3) is 0.318. The van der Waals surface area contributed by atoms with Gasteiger partial charge in [0.05, 0.1) is 18.4 Å². The highest BCUT2D eigenvalue weighted by molar-refractivity contribution is 6.46. The second kappa shape index (κ2) is 8.45. The van der Waals surface area contributed by atoms with Gasteiger partial charge in [-0.05, 0) is 56.9 Å². The van der Waals surface area contributed by atoms with Crippen molar-refractivity contribution in [3.05, 3.63) is 65.0 Å². The molecule has 1 N–H and O–H groups in total. The van der Waals surface area contributed by atoms with E-state index in [-0.39, 0.29) is 11.3 Å². The quantitative estimate of drug-likeness (QED) is 0.459. The molecule has 2 aromatic rings. The third kappa shape index (κ3) is 4.00. The van der Waals surface area contributed by atoms with Crippen molar-refractivity contribution in [2.24, 2.45) is 0 Å². The van der Waals surface area contributed by atoms with E-state index in [2.05, 4.69) is 4.98 Å². The number of aromatic nitrogens is 1. The summed E-state index contributed by atoms with van der Waals surface area (Å²) >= 11 is 0. The van der Waals surface area contributed by atoms with E-state index in [1.54, 1.807) is 49.7 Å². The van der Waals surface area contributed by atoms with Gasteiger partial charge in [-0.1, -0.05) is 6.07 Å². The molecule has 1 fully saturated rings. The van der Waals surface area contributed by atoms with E-state index >= 15 is 0 Å². The highest BCUT2D eigenvalue weighted by Crippen LogP contribution is 2.38. The molecule has 152 valence electrons. The number of rotatable bonds is 6. The lowest BCUT2D eigenvalue weighted by Crippen LogP contribution is -2.35. The van der Waals surface area contributed by atoms with Crippen LogP contribution < -0.4 is 4.74 Å². The topological polar surface area (TPSA) is 83.0 Å². The second-order valence-corrected chi connectivity index (χ2v) is 7.23. The molecule has 7 heteroatoms. The van der Waals surface area contributed by atoms with Gasteiger partial charge in [0.25, 0.3) is 11.7 Å². The number of likely N-dealkylation sites (tertiary alicyclic amines) is 1. The maximum absolute atomic E-state index is 12.9. The van der Waals surface area contributed by atoms with Gasteiger partial charge in [-0.25, -0.2) is 0 Å². The number of Topliss-reactive ketones (excluding diaryl/α,β-unsaturated/α-hetero) is 1. The molecule has 0 saturated carbocycles. The summed E-state index contributed by atoms with van der Waals surface area (Å²) in [5, 5.41) is 11.0. The van der Waals surface area contributed by atoms with Gasteiger partial charge in [-0.15, -0.1) is 0 Å². The van der Waals surface area contributed by atoms with E-state index in [1.807, 2.05) is 25.9 Å². The van der Waals surface area contributed by atoms with Crippen LogP contribution >= 0.6 is 0 Å². The lowest BCUT2D eigenvalue weighted by molar-refractivity contribution is -0.140. The molecule has 1 atom stereocenters. The van der Waals surface area contributed by atoms with Crippen LogP contribution in [0.4, 0.5) is 0 Å². The van der Waals surface area contributed by atoms with E-state index in [4.69, 9.17) is 4.74 Å². The number of nitrogens with zero attached hydrogens (tertiary/aromatic N) is 3. The van der Waals surface area contributed by atoms with Gasteiger partial charge in [0, 0.05) is 24.8 Å². The number of amides is 1. The first-order chi connectivity index (χ1) is 13.8. The molecule has 1 unspecified atom stereocenters. The Kier molecular flexibility index (Phi) is 5.98. The number of aryl methyl sites for hydroxylation is 1. The number of ketones is 1. The minimum Gasteiger partial charge on any atom is -0.507 e. The van der Waals surface area contributed by atoms with E-state index in [9.17, 15) is 14.7 Å². The monoisotopic (exact) mass is 395 g/mol. The van der Waals surface area contributed by atoms with Crippen molar-refractivity contribution >= 4 is 17.4 Å². The van der Waals surface area contributed by atoms with E-state index < -0.39 is 17.7 Å². The third-order valence-electron chi connectivity index (χ3n) is 4.96. The summed E-state index contributed by atoms with van der Waals surface area (Å²) in [7, 11) is 5.36. The number of ether oxygens (including phenoxy) is 1. The van der Waals surface area contributed by atoms with E-state index in [0.29, 0.717) is 30.1 Å². The van der Waals surface area contributed by atoms with Crippen LogP contribution in [0.3, 0.4) is 0 Å². The number of aliphatic hydroxyl groups excluding tert-OH is 1. The first kappa shape index (κ1) is 20.5. The van der Waals surface area contributed by atoms with Crippen LogP contribution in [0.1, 0.15) is 22.9 Å². The SMILES string of the molecule is COc1ccc(/C(O)=C2\C(=O)C(=O)N(CCN(C)C)C2c2ccccn2)cc1C. The lowest BCUT2D eigenvalue weighted by atomic mass is 9.97. The predicted octanol–water partition coefficient (Wildman–Crippen LogP) is 2.38.